The van der Waals surface area contributed by atoms with Gasteiger partial charge in [0.2, 0.25) is 0 Å². The van der Waals surface area contributed by atoms with E-state index in [1.165, 1.54) is 11.1 Å². The first-order valence-electron chi connectivity index (χ1n) is 7.42. The Morgan fingerprint density at radius 3 is 1.90 bits per heavy atom. The van der Waals surface area contributed by atoms with Crippen molar-refractivity contribution in [3.63, 3.8) is 0 Å². The van der Waals surface area contributed by atoms with E-state index in [0.29, 0.717) is 18.1 Å². The molecular weight excluding hydrogens is 244 g/mol. The lowest BCUT2D eigenvalue weighted by atomic mass is 9.87. The van der Waals surface area contributed by atoms with Crippen molar-refractivity contribution < 1.29 is 0 Å². The van der Waals surface area contributed by atoms with Gasteiger partial charge in [0.25, 0.3) is 0 Å². The second-order valence-corrected chi connectivity index (χ2v) is 5.56. The molecule has 0 saturated carbocycles. The van der Waals surface area contributed by atoms with Gasteiger partial charge in [-0.2, -0.15) is 0 Å². The number of hydrogen-bond acceptors (Lipinski definition) is 2. The summed E-state index contributed by atoms with van der Waals surface area (Å²) in [6, 6.07) is 22.6. The van der Waals surface area contributed by atoms with Gasteiger partial charge in [0.1, 0.15) is 0 Å². The van der Waals surface area contributed by atoms with Crippen LogP contribution < -0.4 is 5.73 Å². The molecule has 0 radical (unpaired) electrons. The van der Waals surface area contributed by atoms with Gasteiger partial charge in [0.05, 0.1) is 6.04 Å². The third-order valence-electron chi connectivity index (χ3n) is 4.32. The second kappa shape index (κ2) is 5.78. The quantitative estimate of drug-likeness (QED) is 0.921. The molecule has 0 amide bonds. The van der Waals surface area contributed by atoms with Crippen LogP contribution in [-0.4, -0.2) is 23.5 Å². The van der Waals surface area contributed by atoms with Crippen LogP contribution in [0.1, 0.15) is 30.5 Å². The Kier molecular flexibility index (Phi) is 3.86. The summed E-state index contributed by atoms with van der Waals surface area (Å²) < 4.78 is 0. The minimum Gasteiger partial charge on any atom is -0.325 e. The van der Waals surface area contributed by atoms with Crippen molar-refractivity contribution in [2.75, 3.05) is 6.54 Å². The molecule has 0 aromatic heterocycles. The van der Waals surface area contributed by atoms with E-state index in [9.17, 15) is 0 Å². The van der Waals surface area contributed by atoms with Crippen molar-refractivity contribution in [1.29, 1.82) is 0 Å². The Hall–Kier alpha value is -1.64. The highest BCUT2D eigenvalue weighted by molar-refractivity contribution is 5.33. The van der Waals surface area contributed by atoms with Gasteiger partial charge in [-0.25, -0.2) is 0 Å². The molecule has 1 fully saturated rings. The SMILES string of the molecule is CCC1C(N)CN1C(c1ccccc1)c1ccccc1. The number of benzene rings is 2. The molecule has 1 heterocycles. The average molecular weight is 266 g/mol. The molecule has 1 aliphatic rings. The standard InChI is InChI=1S/C18H22N2/c1-2-17-16(19)13-20(17)18(14-9-5-3-6-10-14)15-11-7-4-8-12-15/h3-12,16-18H,2,13,19H2,1H3. The molecule has 2 N–H and O–H groups in total. The minimum atomic E-state index is 0.315. The highest BCUT2D eigenvalue weighted by atomic mass is 15.3. The summed E-state index contributed by atoms with van der Waals surface area (Å²) in [4.78, 5) is 2.54. The van der Waals surface area contributed by atoms with Crippen LogP contribution in [-0.2, 0) is 0 Å². The first kappa shape index (κ1) is 13.3. The van der Waals surface area contributed by atoms with Crippen LogP contribution >= 0.6 is 0 Å². The molecule has 20 heavy (non-hydrogen) atoms. The van der Waals surface area contributed by atoms with E-state index in [1.807, 2.05) is 0 Å². The zero-order chi connectivity index (χ0) is 13.9. The zero-order valence-corrected chi connectivity index (χ0v) is 11.9. The lowest BCUT2D eigenvalue weighted by Crippen LogP contribution is -2.64. The predicted molar refractivity (Wildman–Crippen MR) is 83.5 cm³/mol. The molecular formula is C18H22N2. The van der Waals surface area contributed by atoms with Crippen LogP contribution in [0.3, 0.4) is 0 Å². The highest BCUT2D eigenvalue weighted by Crippen LogP contribution is 2.36. The van der Waals surface area contributed by atoms with Crippen molar-refractivity contribution in [3.8, 4) is 0 Å². The molecule has 0 bridgehead atoms. The van der Waals surface area contributed by atoms with Crippen LogP contribution in [0.15, 0.2) is 60.7 Å². The molecule has 3 rings (SSSR count). The van der Waals surface area contributed by atoms with E-state index in [0.717, 1.165) is 13.0 Å². The van der Waals surface area contributed by atoms with Gasteiger partial charge >= 0.3 is 0 Å². The molecule has 2 nitrogen and oxygen atoms in total. The van der Waals surface area contributed by atoms with E-state index >= 15 is 0 Å². The van der Waals surface area contributed by atoms with Crippen LogP contribution in [0, 0.1) is 0 Å². The predicted octanol–water partition coefficient (Wildman–Crippen LogP) is 3.20. The van der Waals surface area contributed by atoms with Crippen LogP contribution in [0.4, 0.5) is 0 Å². The molecule has 2 heteroatoms. The third-order valence-corrected chi connectivity index (χ3v) is 4.32. The van der Waals surface area contributed by atoms with Crippen LogP contribution in [0.5, 0.6) is 0 Å². The van der Waals surface area contributed by atoms with Crippen molar-refractivity contribution in [2.45, 2.75) is 31.5 Å². The molecule has 1 saturated heterocycles. The maximum Gasteiger partial charge on any atom is 0.0605 e. The Balaban J connectivity index is 1.97. The zero-order valence-electron chi connectivity index (χ0n) is 11.9. The maximum atomic E-state index is 6.18. The van der Waals surface area contributed by atoms with Crippen molar-refractivity contribution >= 4 is 0 Å². The number of nitrogens with two attached hydrogens (primary N) is 1. The number of likely N-dealkylation sites (tertiary alicyclic amines) is 1. The van der Waals surface area contributed by atoms with E-state index in [4.69, 9.17) is 5.73 Å². The third kappa shape index (κ3) is 2.37. The Labute approximate surface area is 121 Å². The van der Waals surface area contributed by atoms with Gasteiger partial charge < -0.3 is 5.73 Å². The highest BCUT2D eigenvalue weighted by Gasteiger charge is 2.40. The lowest BCUT2D eigenvalue weighted by Gasteiger charge is -2.50. The second-order valence-electron chi connectivity index (χ2n) is 5.56. The Morgan fingerprint density at radius 1 is 1.00 bits per heavy atom. The number of rotatable bonds is 4. The Morgan fingerprint density at radius 2 is 1.50 bits per heavy atom. The summed E-state index contributed by atoms with van der Waals surface area (Å²) in [7, 11) is 0. The van der Waals surface area contributed by atoms with Gasteiger partial charge in [-0.3, -0.25) is 4.90 Å². The topological polar surface area (TPSA) is 29.3 Å². The van der Waals surface area contributed by atoms with Crippen LogP contribution in [0.2, 0.25) is 0 Å². The monoisotopic (exact) mass is 266 g/mol. The summed E-state index contributed by atoms with van der Waals surface area (Å²) in [5, 5.41) is 0. The maximum absolute atomic E-state index is 6.18. The summed E-state index contributed by atoms with van der Waals surface area (Å²) in [6.45, 7) is 3.21. The molecule has 1 aliphatic heterocycles. The fraction of sp³-hybridized carbons (Fsp3) is 0.333. The summed E-state index contributed by atoms with van der Waals surface area (Å²) >= 11 is 0. The van der Waals surface area contributed by atoms with Crippen molar-refractivity contribution in [3.05, 3.63) is 71.8 Å². The smallest absolute Gasteiger partial charge is 0.0605 e. The van der Waals surface area contributed by atoms with Crippen molar-refractivity contribution in [1.82, 2.24) is 4.90 Å². The first-order valence-corrected chi connectivity index (χ1v) is 7.42. The molecule has 2 atom stereocenters. The summed E-state index contributed by atoms with van der Waals surface area (Å²) in [6.07, 6.45) is 1.11. The molecule has 0 aliphatic carbocycles. The summed E-state index contributed by atoms with van der Waals surface area (Å²) in [5.74, 6) is 0. The number of nitrogens with zero attached hydrogens (tertiary/aromatic N) is 1. The fourth-order valence-electron chi connectivity index (χ4n) is 3.29. The van der Waals surface area contributed by atoms with Gasteiger partial charge in [-0.15, -0.1) is 0 Å². The Bertz CT molecular complexity index is 498. The van der Waals surface area contributed by atoms with E-state index in [1.54, 1.807) is 0 Å². The van der Waals surface area contributed by atoms with Gasteiger partial charge in [0, 0.05) is 18.6 Å². The molecule has 2 aromatic carbocycles. The molecule has 0 spiro atoms. The lowest BCUT2D eigenvalue weighted by molar-refractivity contribution is 0.0302. The average Bonchev–Trinajstić information content (AvgIpc) is 2.49. The molecule has 2 unspecified atom stereocenters. The number of hydrogen-bond donors (Lipinski definition) is 1. The van der Waals surface area contributed by atoms with Gasteiger partial charge in [-0.1, -0.05) is 67.6 Å². The van der Waals surface area contributed by atoms with Gasteiger partial charge in [0.15, 0.2) is 0 Å². The van der Waals surface area contributed by atoms with Gasteiger partial charge in [-0.05, 0) is 17.5 Å². The van der Waals surface area contributed by atoms with Crippen LogP contribution in [0.25, 0.3) is 0 Å². The minimum absolute atomic E-state index is 0.315. The van der Waals surface area contributed by atoms with E-state index in [-0.39, 0.29) is 0 Å². The van der Waals surface area contributed by atoms with E-state index < -0.39 is 0 Å². The van der Waals surface area contributed by atoms with E-state index in [2.05, 4.69) is 72.5 Å². The fourth-order valence-corrected chi connectivity index (χ4v) is 3.29. The normalized spacial score (nSPS) is 22.8. The summed E-state index contributed by atoms with van der Waals surface area (Å²) in [5.41, 5.74) is 8.88. The molecule has 2 aromatic rings. The van der Waals surface area contributed by atoms with Crippen molar-refractivity contribution in [2.24, 2.45) is 5.73 Å². The first-order chi connectivity index (χ1) is 9.81. The largest absolute Gasteiger partial charge is 0.325 e. The molecule has 104 valence electrons.